The Labute approximate surface area is 176 Å². The number of amides is 1. The monoisotopic (exact) mass is 414 g/mol. The number of hydrogen-bond acceptors (Lipinski definition) is 5. The molecule has 0 unspecified atom stereocenters. The molecular formula is C21H27ClN6O. The maximum atomic E-state index is 12.8. The molecule has 2 fully saturated rings. The minimum absolute atomic E-state index is 0.0647. The number of likely N-dealkylation sites (tertiary alicyclic amines) is 1. The lowest BCUT2D eigenvalue weighted by molar-refractivity contribution is 0.00637. The van der Waals surface area contributed by atoms with E-state index < -0.39 is 0 Å². The lowest BCUT2D eigenvalue weighted by atomic mass is 10.0. The van der Waals surface area contributed by atoms with Crippen LogP contribution in [0.1, 0.15) is 12.5 Å². The second-order valence-electron chi connectivity index (χ2n) is 8.04. The molecule has 2 atom stereocenters. The van der Waals surface area contributed by atoms with Crippen molar-refractivity contribution in [2.75, 3.05) is 38.5 Å². The molecule has 0 bridgehead atoms. The van der Waals surface area contributed by atoms with Crippen LogP contribution >= 0.6 is 11.6 Å². The van der Waals surface area contributed by atoms with Crippen LogP contribution in [0.15, 0.2) is 48.8 Å². The van der Waals surface area contributed by atoms with E-state index in [4.69, 9.17) is 11.6 Å². The van der Waals surface area contributed by atoms with Crippen molar-refractivity contribution in [2.24, 2.45) is 11.8 Å². The SMILES string of the molecule is C=C(C)Nc1ccn(C(=O)N2C[C@@H]3CN(N(C)Cc4ccccc4Cl)C[C@@H]3C2)n1. The zero-order chi connectivity index (χ0) is 20.5. The Morgan fingerprint density at radius 3 is 2.59 bits per heavy atom. The first-order valence-electron chi connectivity index (χ1n) is 9.87. The highest BCUT2D eigenvalue weighted by atomic mass is 35.5. The fourth-order valence-electron chi connectivity index (χ4n) is 4.24. The maximum Gasteiger partial charge on any atom is 0.344 e. The molecule has 154 valence electrons. The van der Waals surface area contributed by atoms with Crippen LogP contribution in [0, 0.1) is 11.8 Å². The average Bonchev–Trinajstić information content (AvgIpc) is 3.37. The molecule has 0 saturated carbocycles. The summed E-state index contributed by atoms with van der Waals surface area (Å²) in [5.41, 5.74) is 1.92. The van der Waals surface area contributed by atoms with Gasteiger partial charge in [-0.25, -0.2) is 14.8 Å². The van der Waals surface area contributed by atoms with Gasteiger partial charge in [0.1, 0.15) is 0 Å². The summed E-state index contributed by atoms with van der Waals surface area (Å²) >= 11 is 6.31. The molecule has 8 heteroatoms. The highest BCUT2D eigenvalue weighted by Gasteiger charge is 2.43. The van der Waals surface area contributed by atoms with E-state index in [9.17, 15) is 4.79 Å². The van der Waals surface area contributed by atoms with Gasteiger partial charge in [-0.05, 0) is 30.4 Å². The van der Waals surface area contributed by atoms with Gasteiger partial charge in [0.25, 0.3) is 0 Å². The van der Waals surface area contributed by atoms with Gasteiger partial charge in [-0.2, -0.15) is 4.68 Å². The molecule has 0 spiro atoms. The smallest absolute Gasteiger partial charge is 0.343 e. The summed E-state index contributed by atoms with van der Waals surface area (Å²) in [7, 11) is 2.10. The van der Waals surface area contributed by atoms with E-state index in [-0.39, 0.29) is 6.03 Å². The molecule has 0 aliphatic carbocycles. The molecule has 1 aromatic heterocycles. The molecule has 7 nitrogen and oxygen atoms in total. The number of allylic oxidation sites excluding steroid dienone is 1. The Hall–Kier alpha value is -2.35. The number of anilines is 1. The summed E-state index contributed by atoms with van der Waals surface area (Å²) in [5, 5.41) is 12.8. The van der Waals surface area contributed by atoms with E-state index in [0.717, 1.165) is 49.0 Å². The predicted octanol–water partition coefficient (Wildman–Crippen LogP) is 3.36. The fourth-order valence-corrected chi connectivity index (χ4v) is 4.43. The van der Waals surface area contributed by atoms with Gasteiger partial charge in [-0.1, -0.05) is 36.4 Å². The van der Waals surface area contributed by atoms with Crippen LogP contribution in [-0.4, -0.2) is 64.0 Å². The lowest BCUT2D eigenvalue weighted by Crippen LogP contribution is -2.41. The molecule has 29 heavy (non-hydrogen) atoms. The van der Waals surface area contributed by atoms with E-state index >= 15 is 0 Å². The molecule has 0 radical (unpaired) electrons. The molecule has 2 saturated heterocycles. The standard InChI is InChI=1S/C21H27ClN6O/c1-15(2)23-20-8-9-28(24-20)21(29)26-11-17-13-27(14-18(17)12-26)25(3)10-16-6-4-5-7-19(16)22/h4-9,17-18H,1,10-14H2,2-3H3,(H,23,24)/t17-,18+. The summed E-state index contributed by atoms with van der Waals surface area (Å²) in [6.45, 7) is 9.89. The van der Waals surface area contributed by atoms with Crippen LogP contribution in [0.25, 0.3) is 0 Å². The zero-order valence-electron chi connectivity index (χ0n) is 16.9. The summed E-state index contributed by atoms with van der Waals surface area (Å²) in [6.07, 6.45) is 1.70. The third-order valence-corrected chi connectivity index (χ3v) is 6.07. The number of nitrogens with one attached hydrogen (secondary N) is 1. The van der Waals surface area contributed by atoms with Crippen molar-refractivity contribution in [3.63, 3.8) is 0 Å². The van der Waals surface area contributed by atoms with Gasteiger partial charge < -0.3 is 10.2 Å². The lowest BCUT2D eigenvalue weighted by Gasteiger charge is -2.30. The van der Waals surface area contributed by atoms with Crippen molar-refractivity contribution < 1.29 is 4.79 Å². The highest BCUT2D eigenvalue weighted by Crippen LogP contribution is 2.32. The Morgan fingerprint density at radius 1 is 1.24 bits per heavy atom. The van der Waals surface area contributed by atoms with E-state index in [2.05, 4.69) is 40.1 Å². The summed E-state index contributed by atoms with van der Waals surface area (Å²) in [4.78, 5) is 14.7. The number of nitrogens with zero attached hydrogens (tertiary/aromatic N) is 5. The normalized spacial score (nSPS) is 21.6. The van der Waals surface area contributed by atoms with Crippen LogP contribution in [0.2, 0.25) is 5.02 Å². The first-order chi connectivity index (χ1) is 13.9. The molecule has 4 rings (SSSR count). The van der Waals surface area contributed by atoms with Gasteiger partial charge >= 0.3 is 6.03 Å². The second-order valence-corrected chi connectivity index (χ2v) is 8.44. The van der Waals surface area contributed by atoms with Crippen LogP contribution in [0.4, 0.5) is 10.6 Å². The van der Waals surface area contributed by atoms with Crippen molar-refractivity contribution in [1.82, 2.24) is 24.7 Å². The third kappa shape index (κ3) is 4.32. The number of benzene rings is 1. The van der Waals surface area contributed by atoms with Crippen molar-refractivity contribution in [3.8, 4) is 0 Å². The van der Waals surface area contributed by atoms with Crippen LogP contribution in [-0.2, 0) is 6.54 Å². The van der Waals surface area contributed by atoms with Crippen molar-refractivity contribution >= 4 is 23.4 Å². The summed E-state index contributed by atoms with van der Waals surface area (Å²) < 4.78 is 1.41. The molecule has 3 heterocycles. The minimum atomic E-state index is -0.0647. The van der Waals surface area contributed by atoms with Gasteiger partial charge in [0.15, 0.2) is 5.82 Å². The quantitative estimate of drug-likeness (QED) is 0.813. The van der Waals surface area contributed by atoms with Gasteiger partial charge in [0, 0.05) is 62.8 Å². The van der Waals surface area contributed by atoms with Crippen LogP contribution in [0.5, 0.6) is 0 Å². The van der Waals surface area contributed by atoms with E-state index in [1.54, 1.807) is 12.3 Å². The zero-order valence-corrected chi connectivity index (χ0v) is 17.6. The average molecular weight is 415 g/mol. The number of aromatic nitrogens is 2. The third-order valence-electron chi connectivity index (χ3n) is 5.70. The van der Waals surface area contributed by atoms with Crippen LogP contribution < -0.4 is 5.32 Å². The molecule has 2 aliphatic rings. The molecule has 1 amide bonds. The number of fused-ring (bicyclic) bond motifs is 1. The van der Waals surface area contributed by atoms with Crippen molar-refractivity contribution in [1.29, 1.82) is 0 Å². The highest BCUT2D eigenvalue weighted by molar-refractivity contribution is 6.31. The van der Waals surface area contributed by atoms with Crippen molar-refractivity contribution in [3.05, 3.63) is 59.4 Å². The predicted molar refractivity (Wildman–Crippen MR) is 115 cm³/mol. The van der Waals surface area contributed by atoms with Crippen molar-refractivity contribution in [2.45, 2.75) is 13.5 Å². The number of rotatable bonds is 5. The van der Waals surface area contributed by atoms with E-state index in [1.165, 1.54) is 4.68 Å². The first kappa shape index (κ1) is 19.9. The fraction of sp³-hybridized carbons (Fsp3) is 0.429. The Balaban J connectivity index is 1.32. The number of hydrazine groups is 1. The number of hydrogen-bond donors (Lipinski definition) is 1. The summed E-state index contributed by atoms with van der Waals surface area (Å²) in [6, 6.07) is 9.69. The number of halogens is 1. The summed E-state index contributed by atoms with van der Waals surface area (Å²) in [5.74, 6) is 1.60. The Morgan fingerprint density at radius 2 is 1.93 bits per heavy atom. The van der Waals surface area contributed by atoms with Gasteiger partial charge in [-0.3, -0.25) is 0 Å². The first-order valence-corrected chi connectivity index (χ1v) is 10.3. The Kier molecular flexibility index (Phi) is 5.63. The number of carbonyl (C=O) groups is 1. The molecule has 2 aromatic rings. The largest absolute Gasteiger partial charge is 0.344 e. The van der Waals surface area contributed by atoms with E-state index in [0.29, 0.717) is 17.7 Å². The maximum absolute atomic E-state index is 12.8. The topological polar surface area (TPSA) is 56.6 Å². The molecular weight excluding hydrogens is 388 g/mol. The Bertz CT molecular complexity index is 898. The van der Waals surface area contributed by atoms with Gasteiger partial charge in [0.05, 0.1) is 0 Å². The second kappa shape index (κ2) is 8.18. The molecule has 1 N–H and O–H groups in total. The molecule has 2 aliphatic heterocycles. The number of carbonyl (C=O) groups excluding carboxylic acids is 1. The minimum Gasteiger partial charge on any atom is -0.343 e. The van der Waals surface area contributed by atoms with Gasteiger partial charge in [-0.15, -0.1) is 5.10 Å². The molecule has 1 aromatic carbocycles. The van der Waals surface area contributed by atoms with Crippen LogP contribution in [0.3, 0.4) is 0 Å². The van der Waals surface area contributed by atoms with Gasteiger partial charge in [0.2, 0.25) is 0 Å². The van der Waals surface area contributed by atoms with E-state index in [1.807, 2.05) is 30.0 Å².